The molecule has 2 heterocycles. The predicted molar refractivity (Wildman–Crippen MR) is 87.0 cm³/mol. The van der Waals surface area contributed by atoms with Crippen molar-refractivity contribution in [2.24, 2.45) is 0 Å². The van der Waals surface area contributed by atoms with E-state index in [-0.39, 0.29) is 0 Å². The van der Waals surface area contributed by atoms with E-state index in [9.17, 15) is 0 Å². The Morgan fingerprint density at radius 2 is 1.67 bits per heavy atom. The Balaban J connectivity index is 0. The third kappa shape index (κ3) is 10.5. The van der Waals surface area contributed by atoms with Crippen LogP contribution in [-0.2, 0) is 0 Å². The lowest BCUT2D eigenvalue weighted by Crippen LogP contribution is -1.77. The third-order valence-corrected chi connectivity index (χ3v) is 3.75. The number of rotatable bonds is 1. The number of hydrogen-bond acceptors (Lipinski definition) is 3. The predicted octanol–water partition coefficient (Wildman–Crippen LogP) is 5.56. The number of aryl methyl sites for hydroxylation is 1. The highest BCUT2D eigenvalue weighted by molar-refractivity contribution is 7.10. The van der Waals surface area contributed by atoms with E-state index in [0.29, 0.717) is 5.92 Å². The quantitative estimate of drug-likeness (QED) is 0.727. The van der Waals surface area contributed by atoms with Crippen molar-refractivity contribution in [1.29, 1.82) is 0 Å². The van der Waals surface area contributed by atoms with Gasteiger partial charge in [0.15, 0.2) is 0 Å². The third-order valence-electron chi connectivity index (χ3n) is 1.78. The van der Waals surface area contributed by atoms with Crippen LogP contribution in [0.15, 0.2) is 34.3 Å². The molecule has 2 aromatic rings. The Labute approximate surface area is 120 Å². The van der Waals surface area contributed by atoms with Crippen molar-refractivity contribution in [3.05, 3.63) is 44.8 Å². The molecule has 0 aliphatic carbocycles. The number of aliphatic hydroxyl groups excluding tert-OH is 1. The standard InChI is InChI=1S/C7H10S.C5H6S.C2H6.CH4O/c1-6(2)7-4-3-5-8-7;1-5-2-3-6-4-5;2*1-2/h3-6H,1-2H3;2-4H,1H3;1-2H3;2H,1H3. The van der Waals surface area contributed by atoms with E-state index in [4.69, 9.17) is 5.11 Å². The highest BCUT2D eigenvalue weighted by Gasteiger charge is 1.95. The highest BCUT2D eigenvalue weighted by Crippen LogP contribution is 2.18. The highest BCUT2D eigenvalue weighted by atomic mass is 32.1. The average Bonchev–Trinajstić information content (AvgIpc) is 3.07. The fraction of sp³-hybridized carbons (Fsp3) is 0.467. The summed E-state index contributed by atoms with van der Waals surface area (Å²) in [5.41, 5.74) is 1.36. The monoisotopic (exact) mass is 286 g/mol. The van der Waals surface area contributed by atoms with Gasteiger partial charge < -0.3 is 5.11 Å². The molecule has 1 nitrogen and oxygen atoms in total. The summed E-state index contributed by atoms with van der Waals surface area (Å²) in [5.74, 6) is 0.704. The maximum absolute atomic E-state index is 7.00. The molecule has 0 atom stereocenters. The van der Waals surface area contributed by atoms with Crippen LogP contribution in [0.2, 0.25) is 0 Å². The van der Waals surface area contributed by atoms with E-state index in [1.807, 2.05) is 25.2 Å². The van der Waals surface area contributed by atoms with Crippen LogP contribution < -0.4 is 0 Å². The second kappa shape index (κ2) is 14.4. The van der Waals surface area contributed by atoms with Gasteiger partial charge in [-0.05, 0) is 46.7 Å². The Morgan fingerprint density at radius 1 is 1.06 bits per heavy atom. The van der Waals surface area contributed by atoms with Gasteiger partial charge in [-0.25, -0.2) is 0 Å². The summed E-state index contributed by atoms with van der Waals surface area (Å²) in [7, 11) is 1.00. The summed E-state index contributed by atoms with van der Waals surface area (Å²) < 4.78 is 0. The van der Waals surface area contributed by atoms with Gasteiger partial charge >= 0.3 is 0 Å². The summed E-state index contributed by atoms with van der Waals surface area (Å²) in [6.07, 6.45) is 0. The minimum absolute atomic E-state index is 0.704. The molecule has 0 amide bonds. The molecule has 104 valence electrons. The smallest absolute Gasteiger partial charge is 0.0319 e. The van der Waals surface area contributed by atoms with Gasteiger partial charge in [0.1, 0.15) is 0 Å². The molecule has 3 heteroatoms. The maximum Gasteiger partial charge on any atom is 0.0319 e. The van der Waals surface area contributed by atoms with E-state index in [1.54, 1.807) is 11.3 Å². The van der Waals surface area contributed by atoms with Crippen LogP contribution in [0.1, 0.15) is 44.1 Å². The van der Waals surface area contributed by atoms with E-state index in [1.165, 1.54) is 10.4 Å². The summed E-state index contributed by atoms with van der Waals surface area (Å²) in [4.78, 5) is 1.48. The number of thiophene rings is 2. The minimum atomic E-state index is 0.704. The second-order valence-corrected chi connectivity index (χ2v) is 5.23. The van der Waals surface area contributed by atoms with Crippen LogP contribution in [-0.4, -0.2) is 12.2 Å². The topological polar surface area (TPSA) is 20.2 Å². The van der Waals surface area contributed by atoms with Crippen LogP contribution >= 0.6 is 22.7 Å². The van der Waals surface area contributed by atoms with Crippen molar-refractivity contribution < 1.29 is 5.11 Å². The number of hydrogen-bond donors (Lipinski definition) is 1. The molecule has 0 spiro atoms. The molecule has 18 heavy (non-hydrogen) atoms. The SMILES string of the molecule is CC.CC(C)c1cccs1.CO.Cc1ccsc1. The largest absolute Gasteiger partial charge is 0.400 e. The lowest BCUT2D eigenvalue weighted by atomic mass is 10.2. The van der Waals surface area contributed by atoms with Crippen molar-refractivity contribution in [3.8, 4) is 0 Å². The molecule has 0 aliphatic rings. The first-order valence-electron chi connectivity index (χ1n) is 6.17. The zero-order valence-electron chi connectivity index (χ0n) is 12.3. The first kappa shape index (κ1) is 19.7. The second-order valence-electron chi connectivity index (χ2n) is 3.47. The summed E-state index contributed by atoms with van der Waals surface area (Å²) in [6.45, 7) is 10.5. The Bertz CT molecular complexity index is 323. The average molecular weight is 287 g/mol. The molecule has 0 fully saturated rings. The molecule has 0 bridgehead atoms. The van der Waals surface area contributed by atoms with Gasteiger partial charge in [-0.1, -0.05) is 33.8 Å². The van der Waals surface area contributed by atoms with Crippen LogP contribution in [0.4, 0.5) is 0 Å². The molecule has 2 aromatic heterocycles. The molecule has 0 aromatic carbocycles. The fourth-order valence-electron chi connectivity index (χ4n) is 0.952. The van der Waals surface area contributed by atoms with Crippen LogP contribution in [0.25, 0.3) is 0 Å². The van der Waals surface area contributed by atoms with E-state index < -0.39 is 0 Å². The van der Waals surface area contributed by atoms with Gasteiger partial charge in [-0.3, -0.25) is 0 Å². The first-order chi connectivity index (χ1) is 8.70. The normalized spacial score (nSPS) is 8.22. The van der Waals surface area contributed by atoms with Gasteiger partial charge in [-0.15, -0.1) is 11.3 Å². The van der Waals surface area contributed by atoms with Crippen LogP contribution in [0.5, 0.6) is 0 Å². The maximum atomic E-state index is 7.00. The molecule has 0 saturated heterocycles. The summed E-state index contributed by atoms with van der Waals surface area (Å²) >= 11 is 3.57. The van der Waals surface area contributed by atoms with Crippen LogP contribution in [0, 0.1) is 6.92 Å². The van der Waals surface area contributed by atoms with Gasteiger partial charge in [0.2, 0.25) is 0 Å². The molecule has 0 unspecified atom stereocenters. The van der Waals surface area contributed by atoms with Crippen molar-refractivity contribution in [2.75, 3.05) is 7.11 Å². The molecule has 0 aliphatic heterocycles. The Morgan fingerprint density at radius 3 is 1.83 bits per heavy atom. The van der Waals surface area contributed by atoms with Gasteiger partial charge in [0.05, 0.1) is 0 Å². The molecular formula is C15H26OS2. The molecule has 0 radical (unpaired) electrons. The Kier molecular flexibility index (Phi) is 15.8. The van der Waals surface area contributed by atoms with Crippen LogP contribution in [0.3, 0.4) is 0 Å². The van der Waals surface area contributed by atoms with Gasteiger partial charge in [0.25, 0.3) is 0 Å². The zero-order valence-corrected chi connectivity index (χ0v) is 13.9. The van der Waals surface area contributed by atoms with Crippen molar-refractivity contribution in [1.82, 2.24) is 0 Å². The minimum Gasteiger partial charge on any atom is -0.400 e. The van der Waals surface area contributed by atoms with Crippen molar-refractivity contribution >= 4 is 22.7 Å². The lowest BCUT2D eigenvalue weighted by Gasteiger charge is -1.95. The van der Waals surface area contributed by atoms with Gasteiger partial charge in [-0.2, -0.15) is 11.3 Å². The Hall–Kier alpha value is -0.640. The molecule has 1 N–H and O–H groups in total. The fourth-order valence-corrected chi connectivity index (χ4v) is 2.36. The van der Waals surface area contributed by atoms with E-state index >= 15 is 0 Å². The van der Waals surface area contributed by atoms with Crippen molar-refractivity contribution in [2.45, 2.75) is 40.5 Å². The summed E-state index contributed by atoms with van der Waals surface area (Å²) in [5, 5.41) is 13.3. The van der Waals surface area contributed by atoms with E-state index in [0.717, 1.165) is 7.11 Å². The van der Waals surface area contributed by atoms with E-state index in [2.05, 4.69) is 55.1 Å². The van der Waals surface area contributed by atoms with Crippen molar-refractivity contribution in [3.63, 3.8) is 0 Å². The molecular weight excluding hydrogens is 260 g/mol. The summed E-state index contributed by atoms with van der Waals surface area (Å²) in [6, 6.07) is 6.38. The zero-order chi connectivity index (χ0) is 14.4. The first-order valence-corrected chi connectivity index (χ1v) is 7.99. The number of aliphatic hydroxyl groups is 1. The molecule has 2 rings (SSSR count). The molecule has 0 saturated carbocycles. The van der Waals surface area contributed by atoms with Gasteiger partial charge in [0, 0.05) is 12.0 Å². The lowest BCUT2D eigenvalue weighted by molar-refractivity contribution is 0.399.